The first-order chi connectivity index (χ1) is 27.2. The number of rotatable bonds is 7. The van der Waals surface area contributed by atoms with Crippen LogP contribution in [0.15, 0.2) is 205 Å². The Morgan fingerprint density at radius 2 is 0.873 bits per heavy atom. The van der Waals surface area contributed by atoms with Gasteiger partial charge in [-0.2, -0.15) is 0 Å². The Kier molecular flexibility index (Phi) is 8.12. The molecule has 258 valence electrons. The molecule has 0 aliphatic heterocycles. The van der Waals surface area contributed by atoms with E-state index < -0.39 is 0 Å². The topological polar surface area (TPSA) is 51.8 Å². The van der Waals surface area contributed by atoms with Crippen LogP contribution in [-0.4, -0.2) is 15.0 Å². The summed E-state index contributed by atoms with van der Waals surface area (Å²) in [7, 11) is 0. The van der Waals surface area contributed by atoms with Gasteiger partial charge in [0.2, 0.25) is 0 Å². The average molecular weight is 704 g/mol. The van der Waals surface area contributed by atoms with E-state index in [1.165, 1.54) is 11.1 Å². The molecular weight excluding hydrogens is 671 g/mol. The zero-order valence-electron chi connectivity index (χ0n) is 29.8. The highest BCUT2D eigenvalue weighted by Crippen LogP contribution is 2.40. The minimum Gasteiger partial charge on any atom is -0.456 e. The molecule has 0 aliphatic rings. The monoisotopic (exact) mass is 703 g/mol. The van der Waals surface area contributed by atoms with Crippen molar-refractivity contribution in [1.82, 2.24) is 15.0 Å². The van der Waals surface area contributed by atoms with E-state index in [2.05, 4.69) is 151 Å². The Bertz CT molecular complexity index is 2970. The standard InChI is InChI=1S/C51H33N3O/c1-3-12-35(13-4-1)43-18-7-8-19-44(43)41-29-40(38-22-23-50-46(32-38)45-20-9-10-21-49(45)55-50)30-42(31-41)48-33-47(53-51(54-48)36-14-5-2-6-15-36)39-17-11-16-37(28-39)34-24-26-52-27-25-34/h1-33H. The van der Waals surface area contributed by atoms with E-state index in [1.54, 1.807) is 0 Å². The summed E-state index contributed by atoms with van der Waals surface area (Å²) >= 11 is 0. The van der Waals surface area contributed by atoms with Crippen LogP contribution in [-0.2, 0) is 0 Å². The first-order valence-corrected chi connectivity index (χ1v) is 18.4. The molecule has 10 aromatic rings. The fourth-order valence-corrected chi connectivity index (χ4v) is 7.47. The Labute approximate surface area is 319 Å². The fourth-order valence-electron chi connectivity index (χ4n) is 7.47. The van der Waals surface area contributed by atoms with Crippen LogP contribution in [0.4, 0.5) is 0 Å². The van der Waals surface area contributed by atoms with Gasteiger partial charge in [-0.3, -0.25) is 4.98 Å². The lowest BCUT2D eigenvalue weighted by molar-refractivity contribution is 0.669. The second-order valence-corrected chi connectivity index (χ2v) is 13.7. The molecule has 7 aromatic carbocycles. The molecule has 0 amide bonds. The van der Waals surface area contributed by atoms with Crippen LogP contribution in [0.5, 0.6) is 0 Å². The number of aromatic nitrogens is 3. The van der Waals surface area contributed by atoms with E-state index in [0.29, 0.717) is 5.82 Å². The lowest BCUT2D eigenvalue weighted by Crippen LogP contribution is -1.97. The predicted octanol–water partition coefficient (Wildman–Crippen LogP) is 13.4. The van der Waals surface area contributed by atoms with Crippen molar-refractivity contribution in [2.75, 3.05) is 0 Å². The summed E-state index contributed by atoms with van der Waals surface area (Å²) in [6, 6.07) is 65.7. The van der Waals surface area contributed by atoms with Crippen molar-refractivity contribution in [3.8, 4) is 78.4 Å². The summed E-state index contributed by atoms with van der Waals surface area (Å²) in [5.41, 5.74) is 15.4. The number of benzene rings is 7. The number of hydrogen-bond donors (Lipinski definition) is 0. The molecule has 0 unspecified atom stereocenters. The lowest BCUT2D eigenvalue weighted by Gasteiger charge is -2.15. The Morgan fingerprint density at radius 3 is 1.67 bits per heavy atom. The predicted molar refractivity (Wildman–Crippen MR) is 225 cm³/mol. The van der Waals surface area contributed by atoms with Crippen LogP contribution >= 0.6 is 0 Å². The normalized spacial score (nSPS) is 11.3. The van der Waals surface area contributed by atoms with Crippen LogP contribution in [0.3, 0.4) is 0 Å². The summed E-state index contributed by atoms with van der Waals surface area (Å²) in [6.45, 7) is 0. The quantitative estimate of drug-likeness (QED) is 0.166. The van der Waals surface area contributed by atoms with E-state index >= 15 is 0 Å². The minimum atomic E-state index is 0.672. The molecule has 0 atom stereocenters. The van der Waals surface area contributed by atoms with Crippen molar-refractivity contribution < 1.29 is 4.42 Å². The first-order valence-electron chi connectivity index (χ1n) is 18.4. The summed E-state index contributed by atoms with van der Waals surface area (Å²) in [6.07, 6.45) is 3.65. The van der Waals surface area contributed by atoms with E-state index in [4.69, 9.17) is 14.4 Å². The number of fused-ring (bicyclic) bond motifs is 3. The van der Waals surface area contributed by atoms with Crippen molar-refractivity contribution >= 4 is 21.9 Å². The smallest absolute Gasteiger partial charge is 0.160 e. The van der Waals surface area contributed by atoms with Crippen LogP contribution in [0.25, 0.3) is 100 Å². The Hall–Kier alpha value is -7.43. The summed E-state index contributed by atoms with van der Waals surface area (Å²) in [5, 5.41) is 2.20. The zero-order chi connectivity index (χ0) is 36.6. The van der Waals surface area contributed by atoms with Gasteiger partial charge in [-0.25, -0.2) is 9.97 Å². The number of furan rings is 1. The van der Waals surface area contributed by atoms with Gasteiger partial charge in [0, 0.05) is 39.9 Å². The molecule has 55 heavy (non-hydrogen) atoms. The van der Waals surface area contributed by atoms with Crippen molar-refractivity contribution in [3.63, 3.8) is 0 Å². The van der Waals surface area contributed by atoms with Crippen LogP contribution in [0.2, 0.25) is 0 Å². The average Bonchev–Trinajstić information content (AvgIpc) is 3.65. The molecule has 0 N–H and O–H groups in total. The number of nitrogens with zero attached hydrogens (tertiary/aromatic N) is 3. The van der Waals surface area contributed by atoms with Crippen molar-refractivity contribution in [2.45, 2.75) is 0 Å². The SMILES string of the molecule is c1ccc(-c2nc(-c3cccc(-c4ccncc4)c3)cc(-c3cc(-c4ccc5oc6ccccc6c5c4)cc(-c4ccccc4-c4ccccc4)c3)n2)cc1. The van der Waals surface area contributed by atoms with Gasteiger partial charge < -0.3 is 4.42 Å². The van der Waals surface area contributed by atoms with Gasteiger partial charge in [0.25, 0.3) is 0 Å². The van der Waals surface area contributed by atoms with Crippen LogP contribution < -0.4 is 0 Å². The lowest BCUT2D eigenvalue weighted by atomic mass is 9.90. The molecule has 0 bridgehead atoms. The number of hydrogen-bond acceptors (Lipinski definition) is 4. The molecule has 10 rings (SSSR count). The van der Waals surface area contributed by atoms with Crippen LogP contribution in [0, 0.1) is 0 Å². The second-order valence-electron chi connectivity index (χ2n) is 13.7. The van der Waals surface area contributed by atoms with Gasteiger partial charge >= 0.3 is 0 Å². The summed E-state index contributed by atoms with van der Waals surface area (Å²) < 4.78 is 6.22. The highest BCUT2D eigenvalue weighted by atomic mass is 16.3. The Morgan fingerprint density at radius 1 is 0.309 bits per heavy atom. The van der Waals surface area contributed by atoms with Gasteiger partial charge in [0.1, 0.15) is 11.2 Å². The zero-order valence-corrected chi connectivity index (χ0v) is 29.8. The van der Waals surface area contributed by atoms with Gasteiger partial charge in [-0.05, 0) is 105 Å². The third-order valence-corrected chi connectivity index (χ3v) is 10.2. The van der Waals surface area contributed by atoms with Crippen molar-refractivity contribution in [2.24, 2.45) is 0 Å². The molecule has 4 heteroatoms. The molecule has 4 nitrogen and oxygen atoms in total. The third-order valence-electron chi connectivity index (χ3n) is 10.2. The van der Waals surface area contributed by atoms with Gasteiger partial charge in [0.05, 0.1) is 11.4 Å². The molecule has 0 spiro atoms. The highest BCUT2D eigenvalue weighted by molar-refractivity contribution is 6.06. The molecule has 0 saturated heterocycles. The van der Waals surface area contributed by atoms with Gasteiger partial charge in [-0.1, -0.05) is 127 Å². The molecule has 0 radical (unpaired) electrons. The maximum Gasteiger partial charge on any atom is 0.160 e. The maximum atomic E-state index is 6.22. The van der Waals surface area contributed by atoms with Crippen molar-refractivity contribution in [1.29, 1.82) is 0 Å². The van der Waals surface area contributed by atoms with Gasteiger partial charge in [-0.15, -0.1) is 0 Å². The minimum absolute atomic E-state index is 0.672. The van der Waals surface area contributed by atoms with Gasteiger partial charge in [0.15, 0.2) is 5.82 Å². The van der Waals surface area contributed by atoms with E-state index in [1.807, 2.05) is 54.9 Å². The molecule has 3 aromatic heterocycles. The molecule has 0 aliphatic carbocycles. The molecule has 0 saturated carbocycles. The molecule has 0 fully saturated rings. The third kappa shape index (κ3) is 6.26. The van der Waals surface area contributed by atoms with E-state index in [0.717, 1.165) is 83.4 Å². The summed E-state index contributed by atoms with van der Waals surface area (Å²) in [5.74, 6) is 0.672. The van der Waals surface area contributed by atoms with Crippen molar-refractivity contribution in [3.05, 3.63) is 200 Å². The summed E-state index contributed by atoms with van der Waals surface area (Å²) in [4.78, 5) is 14.7. The largest absolute Gasteiger partial charge is 0.456 e. The number of pyridine rings is 1. The second kappa shape index (κ2) is 13.8. The van der Waals surface area contributed by atoms with E-state index in [9.17, 15) is 0 Å². The molecular formula is C51H33N3O. The van der Waals surface area contributed by atoms with Crippen LogP contribution in [0.1, 0.15) is 0 Å². The Balaban J connectivity index is 1.20. The fraction of sp³-hybridized carbons (Fsp3) is 0. The molecule has 3 heterocycles. The first kappa shape index (κ1) is 32.2. The van der Waals surface area contributed by atoms with E-state index in [-0.39, 0.29) is 0 Å². The maximum absolute atomic E-state index is 6.22. The highest BCUT2D eigenvalue weighted by Gasteiger charge is 2.17. The number of para-hydroxylation sites is 1.